The number of nitrogens with one attached hydrogen (secondary N) is 1. The summed E-state index contributed by atoms with van der Waals surface area (Å²) in [5, 5.41) is 9.75. The van der Waals surface area contributed by atoms with Crippen LogP contribution in [-0.4, -0.2) is 39.4 Å². The van der Waals surface area contributed by atoms with Crippen LogP contribution in [0, 0.1) is 5.92 Å². The van der Waals surface area contributed by atoms with Crippen molar-refractivity contribution in [2.45, 2.75) is 31.3 Å². The number of hydrogen-bond acceptors (Lipinski definition) is 5. The Kier molecular flexibility index (Phi) is 5.08. The highest BCUT2D eigenvalue weighted by atomic mass is 32.2. The Bertz CT molecular complexity index is 585. The summed E-state index contributed by atoms with van der Waals surface area (Å²) in [5.74, 6) is 1.27. The summed E-state index contributed by atoms with van der Waals surface area (Å²) in [6, 6.07) is 4.48. The minimum atomic E-state index is -3.67. The highest BCUT2D eigenvalue weighted by Gasteiger charge is 2.20. The van der Waals surface area contributed by atoms with Gasteiger partial charge in [0, 0.05) is 12.6 Å². The molecule has 1 unspecified atom stereocenters. The van der Waals surface area contributed by atoms with Gasteiger partial charge in [-0.1, -0.05) is 13.8 Å². The summed E-state index contributed by atoms with van der Waals surface area (Å²) in [6.07, 6.45) is -0.152. The topological polar surface area (TPSA) is 84.9 Å². The van der Waals surface area contributed by atoms with Crippen LogP contribution < -0.4 is 14.2 Å². The van der Waals surface area contributed by atoms with Crippen molar-refractivity contribution in [3.8, 4) is 11.5 Å². The van der Waals surface area contributed by atoms with Crippen LogP contribution in [0.25, 0.3) is 0 Å². The summed E-state index contributed by atoms with van der Waals surface area (Å²) < 4.78 is 37.5. The van der Waals surface area contributed by atoms with Gasteiger partial charge in [-0.25, -0.2) is 13.1 Å². The van der Waals surface area contributed by atoms with E-state index in [1.54, 1.807) is 6.07 Å². The monoisotopic (exact) mass is 315 g/mol. The second-order valence-electron chi connectivity index (χ2n) is 5.44. The lowest BCUT2D eigenvalue weighted by molar-refractivity contribution is 0.152. The summed E-state index contributed by atoms with van der Waals surface area (Å²) >= 11 is 0. The maximum Gasteiger partial charge on any atom is 0.240 e. The smallest absolute Gasteiger partial charge is 0.240 e. The molecule has 6 nitrogen and oxygen atoms in total. The van der Waals surface area contributed by atoms with Crippen LogP contribution >= 0.6 is 0 Å². The van der Waals surface area contributed by atoms with Crippen LogP contribution in [0.15, 0.2) is 23.1 Å². The number of rotatable bonds is 6. The van der Waals surface area contributed by atoms with E-state index < -0.39 is 16.1 Å². The summed E-state index contributed by atoms with van der Waals surface area (Å²) in [4.78, 5) is 0.100. The molecule has 1 aliphatic heterocycles. The van der Waals surface area contributed by atoms with E-state index in [-0.39, 0.29) is 11.4 Å². The Morgan fingerprint density at radius 2 is 1.90 bits per heavy atom. The maximum absolute atomic E-state index is 12.2. The molecule has 0 saturated carbocycles. The van der Waals surface area contributed by atoms with Gasteiger partial charge in [0.05, 0.1) is 11.0 Å². The van der Waals surface area contributed by atoms with E-state index in [2.05, 4.69) is 4.72 Å². The zero-order valence-corrected chi connectivity index (χ0v) is 13.0. The molecule has 7 heteroatoms. The van der Waals surface area contributed by atoms with Gasteiger partial charge in [0.25, 0.3) is 0 Å². The fourth-order valence-corrected chi connectivity index (χ4v) is 3.20. The molecule has 0 aromatic heterocycles. The molecule has 1 aliphatic rings. The van der Waals surface area contributed by atoms with Crippen molar-refractivity contribution in [3.05, 3.63) is 18.2 Å². The standard InChI is InChI=1S/C14H21NO5S/c1-10(2)7-11(16)9-15-21(17,18)12-3-4-13-14(8-12)20-6-5-19-13/h3-4,8,10-11,15-16H,5-7,9H2,1-2H3. The van der Waals surface area contributed by atoms with Gasteiger partial charge in [-0.05, 0) is 24.5 Å². The lowest BCUT2D eigenvalue weighted by Crippen LogP contribution is -2.32. The third-order valence-corrected chi connectivity index (χ3v) is 4.50. The van der Waals surface area contributed by atoms with E-state index in [4.69, 9.17) is 9.47 Å². The average molecular weight is 315 g/mol. The van der Waals surface area contributed by atoms with Crippen molar-refractivity contribution in [1.29, 1.82) is 0 Å². The van der Waals surface area contributed by atoms with Crippen LogP contribution in [-0.2, 0) is 10.0 Å². The van der Waals surface area contributed by atoms with E-state index in [0.29, 0.717) is 37.1 Å². The van der Waals surface area contributed by atoms with Gasteiger partial charge in [-0.3, -0.25) is 0 Å². The number of fused-ring (bicyclic) bond motifs is 1. The summed E-state index contributed by atoms with van der Waals surface area (Å²) in [5.41, 5.74) is 0. The van der Waals surface area contributed by atoms with Gasteiger partial charge in [0.15, 0.2) is 11.5 Å². The molecule has 21 heavy (non-hydrogen) atoms. The van der Waals surface area contributed by atoms with E-state index in [9.17, 15) is 13.5 Å². The molecule has 0 fully saturated rings. The van der Waals surface area contributed by atoms with Crippen molar-refractivity contribution in [3.63, 3.8) is 0 Å². The zero-order valence-electron chi connectivity index (χ0n) is 12.2. The Morgan fingerprint density at radius 1 is 1.24 bits per heavy atom. The molecule has 0 saturated heterocycles. The van der Waals surface area contributed by atoms with E-state index >= 15 is 0 Å². The first-order valence-electron chi connectivity index (χ1n) is 6.96. The highest BCUT2D eigenvalue weighted by molar-refractivity contribution is 7.89. The zero-order chi connectivity index (χ0) is 15.5. The molecule has 2 N–H and O–H groups in total. The van der Waals surface area contributed by atoms with Gasteiger partial charge in [-0.15, -0.1) is 0 Å². The van der Waals surface area contributed by atoms with Crippen LogP contribution in [0.2, 0.25) is 0 Å². The molecule has 0 radical (unpaired) electrons. The fourth-order valence-electron chi connectivity index (χ4n) is 2.11. The molecular formula is C14H21NO5S. The van der Waals surface area contributed by atoms with Crippen molar-refractivity contribution < 1.29 is 23.0 Å². The van der Waals surface area contributed by atoms with Gasteiger partial charge >= 0.3 is 0 Å². The third kappa shape index (κ3) is 4.33. The fraction of sp³-hybridized carbons (Fsp3) is 0.571. The third-order valence-electron chi connectivity index (χ3n) is 3.08. The molecule has 1 aromatic carbocycles. The molecule has 0 bridgehead atoms. The van der Waals surface area contributed by atoms with Crippen LogP contribution in [0.3, 0.4) is 0 Å². The van der Waals surface area contributed by atoms with E-state index in [1.807, 2.05) is 13.8 Å². The average Bonchev–Trinajstić information content (AvgIpc) is 2.44. The number of aliphatic hydroxyl groups is 1. The number of hydrogen-bond donors (Lipinski definition) is 2. The second-order valence-corrected chi connectivity index (χ2v) is 7.21. The Hall–Kier alpha value is -1.31. The normalized spacial score (nSPS) is 16.0. The molecular weight excluding hydrogens is 294 g/mol. The molecule has 2 rings (SSSR count). The molecule has 0 aliphatic carbocycles. The summed E-state index contributed by atoms with van der Waals surface area (Å²) in [6.45, 7) is 4.79. The lowest BCUT2D eigenvalue weighted by Gasteiger charge is -2.19. The number of sulfonamides is 1. The quantitative estimate of drug-likeness (QED) is 0.822. The van der Waals surface area contributed by atoms with Gasteiger partial charge in [0.1, 0.15) is 13.2 Å². The first-order valence-corrected chi connectivity index (χ1v) is 8.44. The molecule has 0 amide bonds. The first kappa shape index (κ1) is 16.1. The highest BCUT2D eigenvalue weighted by Crippen LogP contribution is 2.32. The molecule has 118 valence electrons. The Labute approximate surface area is 125 Å². The summed E-state index contributed by atoms with van der Waals surface area (Å²) in [7, 11) is -3.67. The predicted octanol–water partition coefficient (Wildman–Crippen LogP) is 1.14. The molecule has 1 aromatic rings. The van der Waals surface area contributed by atoms with Crippen LogP contribution in [0.5, 0.6) is 11.5 Å². The van der Waals surface area contributed by atoms with Gasteiger partial charge in [-0.2, -0.15) is 0 Å². The molecule has 1 heterocycles. The molecule has 1 atom stereocenters. The minimum absolute atomic E-state index is 0.00500. The first-order chi connectivity index (χ1) is 9.88. The van der Waals surface area contributed by atoms with E-state index in [0.717, 1.165) is 0 Å². The SMILES string of the molecule is CC(C)CC(O)CNS(=O)(=O)c1ccc2c(c1)OCCO2. The number of aliphatic hydroxyl groups excluding tert-OH is 1. The van der Waals surface area contributed by atoms with Crippen molar-refractivity contribution in [1.82, 2.24) is 4.72 Å². The maximum atomic E-state index is 12.2. The Morgan fingerprint density at radius 3 is 2.57 bits per heavy atom. The van der Waals surface area contributed by atoms with Gasteiger partial charge in [0.2, 0.25) is 10.0 Å². The minimum Gasteiger partial charge on any atom is -0.486 e. The number of benzene rings is 1. The number of ether oxygens (including phenoxy) is 2. The predicted molar refractivity (Wildman–Crippen MR) is 78.1 cm³/mol. The lowest BCUT2D eigenvalue weighted by atomic mass is 10.1. The van der Waals surface area contributed by atoms with E-state index in [1.165, 1.54) is 12.1 Å². The second kappa shape index (κ2) is 6.64. The van der Waals surface area contributed by atoms with Gasteiger partial charge < -0.3 is 14.6 Å². The van der Waals surface area contributed by atoms with Crippen molar-refractivity contribution in [2.75, 3.05) is 19.8 Å². The largest absolute Gasteiger partial charge is 0.486 e. The van der Waals surface area contributed by atoms with Crippen molar-refractivity contribution in [2.24, 2.45) is 5.92 Å². The van der Waals surface area contributed by atoms with Crippen LogP contribution in [0.1, 0.15) is 20.3 Å². The Balaban J connectivity index is 2.05. The van der Waals surface area contributed by atoms with Crippen molar-refractivity contribution >= 4 is 10.0 Å². The molecule has 0 spiro atoms. The van der Waals surface area contributed by atoms with Crippen LogP contribution in [0.4, 0.5) is 0 Å².